The third-order valence-electron chi connectivity index (χ3n) is 2.64. The molecule has 1 aromatic rings. The Morgan fingerprint density at radius 3 is 2.80 bits per heavy atom. The SMILES string of the molecule is CO/N=C1\CCc2c(ccc(O)c2O)C1. The van der Waals surface area contributed by atoms with Gasteiger partial charge >= 0.3 is 0 Å². The Bertz CT molecular complexity index is 413. The van der Waals surface area contributed by atoms with Crippen LogP contribution < -0.4 is 0 Å². The number of benzene rings is 1. The molecular weight excluding hydrogens is 194 g/mol. The molecule has 15 heavy (non-hydrogen) atoms. The van der Waals surface area contributed by atoms with Gasteiger partial charge in [-0.2, -0.15) is 0 Å². The third kappa shape index (κ3) is 1.75. The van der Waals surface area contributed by atoms with Crippen molar-refractivity contribution in [2.75, 3.05) is 7.11 Å². The molecule has 0 unspecified atom stereocenters. The van der Waals surface area contributed by atoms with E-state index in [0.717, 1.165) is 23.3 Å². The fraction of sp³-hybridized carbons (Fsp3) is 0.364. The first-order chi connectivity index (χ1) is 7.22. The van der Waals surface area contributed by atoms with Crippen molar-refractivity contribution < 1.29 is 15.1 Å². The summed E-state index contributed by atoms with van der Waals surface area (Å²) in [6.45, 7) is 0. The topological polar surface area (TPSA) is 62.0 Å². The van der Waals surface area contributed by atoms with Crippen LogP contribution in [-0.2, 0) is 17.7 Å². The molecule has 1 aromatic carbocycles. The predicted octanol–water partition coefficient (Wildman–Crippen LogP) is 1.59. The molecule has 0 fully saturated rings. The summed E-state index contributed by atoms with van der Waals surface area (Å²) >= 11 is 0. The van der Waals surface area contributed by atoms with E-state index < -0.39 is 0 Å². The molecule has 0 heterocycles. The number of nitrogens with zero attached hydrogens (tertiary/aromatic N) is 1. The normalized spacial score (nSPS) is 17.5. The Morgan fingerprint density at radius 1 is 1.27 bits per heavy atom. The summed E-state index contributed by atoms with van der Waals surface area (Å²) in [7, 11) is 1.52. The lowest BCUT2D eigenvalue weighted by molar-refractivity contribution is 0.211. The largest absolute Gasteiger partial charge is 0.504 e. The highest BCUT2D eigenvalue weighted by Gasteiger charge is 2.19. The molecule has 0 aromatic heterocycles. The first-order valence-corrected chi connectivity index (χ1v) is 4.84. The van der Waals surface area contributed by atoms with E-state index in [1.807, 2.05) is 6.07 Å². The van der Waals surface area contributed by atoms with Crippen LogP contribution in [0, 0.1) is 0 Å². The van der Waals surface area contributed by atoms with Crippen LogP contribution in [0.3, 0.4) is 0 Å². The molecule has 0 bridgehead atoms. The number of hydrogen-bond acceptors (Lipinski definition) is 4. The summed E-state index contributed by atoms with van der Waals surface area (Å²) in [6.07, 6.45) is 2.13. The molecule has 0 saturated heterocycles. The van der Waals surface area contributed by atoms with E-state index in [9.17, 15) is 10.2 Å². The maximum absolute atomic E-state index is 9.64. The number of phenolic OH excluding ortho intramolecular Hbond substituents is 2. The maximum Gasteiger partial charge on any atom is 0.160 e. The molecule has 1 aliphatic rings. The number of oxime groups is 1. The van der Waals surface area contributed by atoms with Gasteiger partial charge in [0.1, 0.15) is 7.11 Å². The van der Waals surface area contributed by atoms with Crippen molar-refractivity contribution in [3.8, 4) is 11.5 Å². The average molecular weight is 207 g/mol. The van der Waals surface area contributed by atoms with Gasteiger partial charge in [-0.1, -0.05) is 11.2 Å². The van der Waals surface area contributed by atoms with Gasteiger partial charge < -0.3 is 15.1 Å². The van der Waals surface area contributed by atoms with Crippen molar-refractivity contribution in [1.82, 2.24) is 0 Å². The van der Waals surface area contributed by atoms with Gasteiger partial charge in [-0.3, -0.25) is 0 Å². The molecule has 4 nitrogen and oxygen atoms in total. The second kappa shape index (κ2) is 3.81. The second-order valence-electron chi connectivity index (χ2n) is 3.59. The summed E-state index contributed by atoms with van der Waals surface area (Å²) in [4.78, 5) is 4.73. The van der Waals surface area contributed by atoms with Gasteiger partial charge in [0.25, 0.3) is 0 Å². The molecular formula is C11H13NO3. The van der Waals surface area contributed by atoms with E-state index in [-0.39, 0.29) is 11.5 Å². The van der Waals surface area contributed by atoms with Crippen LogP contribution in [0.2, 0.25) is 0 Å². The highest BCUT2D eigenvalue weighted by atomic mass is 16.6. The number of phenols is 2. The lowest BCUT2D eigenvalue weighted by Crippen LogP contribution is -2.14. The van der Waals surface area contributed by atoms with E-state index in [1.165, 1.54) is 13.2 Å². The Kier molecular flexibility index (Phi) is 2.49. The van der Waals surface area contributed by atoms with Crippen LogP contribution in [0.5, 0.6) is 11.5 Å². The van der Waals surface area contributed by atoms with Gasteiger partial charge in [0, 0.05) is 12.0 Å². The zero-order valence-corrected chi connectivity index (χ0v) is 8.53. The molecule has 80 valence electrons. The van der Waals surface area contributed by atoms with Crippen LogP contribution in [0.1, 0.15) is 17.5 Å². The molecule has 4 heteroatoms. The molecule has 0 spiro atoms. The highest BCUT2D eigenvalue weighted by molar-refractivity contribution is 5.88. The minimum atomic E-state index is -0.0547. The van der Waals surface area contributed by atoms with Crippen molar-refractivity contribution in [2.45, 2.75) is 19.3 Å². The average Bonchev–Trinajstić information content (AvgIpc) is 2.24. The summed E-state index contributed by atoms with van der Waals surface area (Å²) in [5.74, 6) is -0.0511. The predicted molar refractivity (Wildman–Crippen MR) is 56.2 cm³/mol. The van der Waals surface area contributed by atoms with Gasteiger partial charge in [0.15, 0.2) is 11.5 Å². The Hall–Kier alpha value is -1.71. The van der Waals surface area contributed by atoms with Gasteiger partial charge in [0.2, 0.25) is 0 Å². The van der Waals surface area contributed by atoms with E-state index in [1.54, 1.807) is 0 Å². The minimum absolute atomic E-state index is 0.00367. The van der Waals surface area contributed by atoms with Crippen molar-refractivity contribution in [2.24, 2.45) is 5.16 Å². The zero-order chi connectivity index (χ0) is 10.8. The van der Waals surface area contributed by atoms with Crippen LogP contribution >= 0.6 is 0 Å². The Balaban J connectivity index is 2.36. The number of aromatic hydroxyl groups is 2. The van der Waals surface area contributed by atoms with Crippen molar-refractivity contribution in [3.05, 3.63) is 23.3 Å². The van der Waals surface area contributed by atoms with Crippen molar-refractivity contribution in [1.29, 1.82) is 0 Å². The first-order valence-electron chi connectivity index (χ1n) is 4.84. The molecule has 0 amide bonds. The Morgan fingerprint density at radius 2 is 2.07 bits per heavy atom. The number of rotatable bonds is 1. The van der Waals surface area contributed by atoms with Gasteiger partial charge in [-0.05, 0) is 24.5 Å². The minimum Gasteiger partial charge on any atom is -0.504 e. The summed E-state index contributed by atoms with van der Waals surface area (Å²) in [5.41, 5.74) is 2.80. The van der Waals surface area contributed by atoms with Crippen molar-refractivity contribution in [3.63, 3.8) is 0 Å². The van der Waals surface area contributed by atoms with Crippen LogP contribution in [-0.4, -0.2) is 23.0 Å². The lowest BCUT2D eigenvalue weighted by Gasteiger charge is -2.18. The highest BCUT2D eigenvalue weighted by Crippen LogP contribution is 2.34. The van der Waals surface area contributed by atoms with E-state index >= 15 is 0 Å². The molecule has 0 atom stereocenters. The fourth-order valence-corrected chi connectivity index (χ4v) is 1.89. The summed E-state index contributed by atoms with van der Waals surface area (Å²) in [6, 6.07) is 3.32. The zero-order valence-electron chi connectivity index (χ0n) is 8.53. The Labute approximate surface area is 87.8 Å². The van der Waals surface area contributed by atoms with E-state index in [0.29, 0.717) is 12.8 Å². The third-order valence-corrected chi connectivity index (χ3v) is 2.64. The molecule has 2 N–H and O–H groups in total. The molecule has 0 aliphatic heterocycles. The van der Waals surface area contributed by atoms with Gasteiger partial charge in [-0.15, -0.1) is 0 Å². The van der Waals surface area contributed by atoms with Gasteiger partial charge in [0.05, 0.1) is 5.71 Å². The lowest BCUT2D eigenvalue weighted by atomic mass is 9.89. The first kappa shape index (κ1) is 9.83. The monoisotopic (exact) mass is 207 g/mol. The smallest absolute Gasteiger partial charge is 0.160 e. The fourth-order valence-electron chi connectivity index (χ4n) is 1.89. The second-order valence-corrected chi connectivity index (χ2v) is 3.59. The maximum atomic E-state index is 9.64. The quantitative estimate of drug-likeness (QED) is 0.543. The molecule has 1 aliphatic carbocycles. The van der Waals surface area contributed by atoms with E-state index in [4.69, 9.17) is 4.84 Å². The summed E-state index contributed by atoms with van der Waals surface area (Å²) in [5, 5.41) is 22.9. The number of fused-ring (bicyclic) bond motifs is 1. The van der Waals surface area contributed by atoms with Crippen LogP contribution in [0.4, 0.5) is 0 Å². The van der Waals surface area contributed by atoms with Crippen LogP contribution in [0.25, 0.3) is 0 Å². The molecule has 0 radical (unpaired) electrons. The van der Waals surface area contributed by atoms with Gasteiger partial charge in [-0.25, -0.2) is 0 Å². The van der Waals surface area contributed by atoms with E-state index in [2.05, 4.69) is 5.16 Å². The standard InChI is InChI=1S/C11H13NO3/c1-15-12-8-3-4-9-7(6-8)2-5-10(13)11(9)14/h2,5,13-14H,3-4,6H2,1H3/b12-8+. The summed E-state index contributed by atoms with van der Waals surface area (Å²) < 4.78 is 0. The van der Waals surface area contributed by atoms with Crippen LogP contribution in [0.15, 0.2) is 17.3 Å². The molecule has 2 rings (SSSR count). The van der Waals surface area contributed by atoms with Crippen molar-refractivity contribution >= 4 is 5.71 Å². The number of hydrogen-bond donors (Lipinski definition) is 2. The molecule has 0 saturated carbocycles.